The summed E-state index contributed by atoms with van der Waals surface area (Å²) in [5.41, 5.74) is 0.912. The van der Waals surface area contributed by atoms with Gasteiger partial charge in [0.05, 0.1) is 6.42 Å². The highest BCUT2D eigenvalue weighted by Gasteiger charge is 2.03. The first-order valence-electron chi connectivity index (χ1n) is 5.89. The minimum Gasteiger partial charge on any atom is -0.354 e. The van der Waals surface area contributed by atoms with Gasteiger partial charge in [-0.3, -0.25) is 9.59 Å². The Labute approximate surface area is 112 Å². The fraction of sp³-hybridized carbons (Fsp3) is 0.385. The molecule has 0 aliphatic heterocycles. The summed E-state index contributed by atoms with van der Waals surface area (Å²) >= 11 is 5.75. The van der Waals surface area contributed by atoms with Gasteiger partial charge in [-0.05, 0) is 17.7 Å². The van der Waals surface area contributed by atoms with Crippen LogP contribution in [-0.4, -0.2) is 24.9 Å². The molecule has 2 N–H and O–H groups in total. The molecule has 0 saturated heterocycles. The fourth-order valence-electron chi connectivity index (χ4n) is 1.38. The van der Waals surface area contributed by atoms with E-state index in [9.17, 15) is 9.59 Å². The summed E-state index contributed by atoms with van der Waals surface area (Å²) in [7, 11) is 0. The van der Waals surface area contributed by atoms with Gasteiger partial charge in [0.2, 0.25) is 11.8 Å². The molecule has 0 fully saturated rings. The van der Waals surface area contributed by atoms with Gasteiger partial charge in [0, 0.05) is 24.5 Å². The highest BCUT2D eigenvalue weighted by molar-refractivity contribution is 6.30. The summed E-state index contributed by atoms with van der Waals surface area (Å²) < 4.78 is 0. The van der Waals surface area contributed by atoms with E-state index >= 15 is 0 Å². The summed E-state index contributed by atoms with van der Waals surface area (Å²) in [5, 5.41) is 6.08. The molecule has 2 amide bonds. The number of amides is 2. The predicted octanol–water partition coefficient (Wildman–Crippen LogP) is 1.52. The molecule has 0 aliphatic carbocycles. The second-order valence-electron chi connectivity index (χ2n) is 3.86. The Morgan fingerprint density at radius 1 is 1.06 bits per heavy atom. The van der Waals surface area contributed by atoms with Crippen molar-refractivity contribution in [2.75, 3.05) is 13.1 Å². The van der Waals surface area contributed by atoms with Gasteiger partial charge in [-0.15, -0.1) is 0 Å². The van der Waals surface area contributed by atoms with Crippen molar-refractivity contribution >= 4 is 23.4 Å². The van der Waals surface area contributed by atoms with Crippen LogP contribution in [0.3, 0.4) is 0 Å². The number of nitrogens with one attached hydrogen (secondary N) is 2. The zero-order valence-corrected chi connectivity index (χ0v) is 11.1. The first-order valence-corrected chi connectivity index (χ1v) is 6.27. The lowest BCUT2D eigenvalue weighted by molar-refractivity contribution is -0.122. The SMILES string of the molecule is CCC(=O)NCCNC(=O)Cc1ccc(Cl)cc1. The predicted molar refractivity (Wildman–Crippen MR) is 71.5 cm³/mol. The highest BCUT2D eigenvalue weighted by atomic mass is 35.5. The molecule has 0 aromatic heterocycles. The Hall–Kier alpha value is -1.55. The van der Waals surface area contributed by atoms with Crippen molar-refractivity contribution in [2.45, 2.75) is 19.8 Å². The summed E-state index contributed by atoms with van der Waals surface area (Å²) in [6, 6.07) is 7.15. The Bertz CT molecular complexity index is 404. The Kier molecular flexibility index (Phi) is 6.22. The minimum absolute atomic E-state index is 0.0121. The number of carbonyl (C=O) groups is 2. The molecule has 0 saturated carbocycles. The van der Waals surface area contributed by atoms with E-state index in [2.05, 4.69) is 10.6 Å². The molecule has 4 nitrogen and oxygen atoms in total. The van der Waals surface area contributed by atoms with Gasteiger partial charge in [-0.2, -0.15) is 0 Å². The second-order valence-corrected chi connectivity index (χ2v) is 4.29. The van der Waals surface area contributed by atoms with Crippen LogP contribution >= 0.6 is 11.6 Å². The monoisotopic (exact) mass is 268 g/mol. The molecule has 0 heterocycles. The summed E-state index contributed by atoms with van der Waals surface area (Å²) in [4.78, 5) is 22.5. The van der Waals surface area contributed by atoms with Crippen LogP contribution in [0.1, 0.15) is 18.9 Å². The fourth-order valence-corrected chi connectivity index (χ4v) is 1.50. The quantitative estimate of drug-likeness (QED) is 0.769. The van der Waals surface area contributed by atoms with Crippen molar-refractivity contribution in [1.29, 1.82) is 0 Å². The van der Waals surface area contributed by atoms with Gasteiger partial charge in [-0.25, -0.2) is 0 Å². The largest absolute Gasteiger partial charge is 0.354 e. The molecule has 1 aromatic carbocycles. The Morgan fingerprint density at radius 2 is 1.61 bits per heavy atom. The van der Waals surface area contributed by atoms with Crippen molar-refractivity contribution < 1.29 is 9.59 Å². The number of halogens is 1. The Balaban J connectivity index is 2.21. The lowest BCUT2D eigenvalue weighted by atomic mass is 10.1. The van der Waals surface area contributed by atoms with Crippen LogP contribution in [0.25, 0.3) is 0 Å². The van der Waals surface area contributed by atoms with Crippen molar-refractivity contribution in [3.8, 4) is 0 Å². The van der Waals surface area contributed by atoms with Gasteiger partial charge in [0.1, 0.15) is 0 Å². The van der Waals surface area contributed by atoms with Crippen LogP contribution in [-0.2, 0) is 16.0 Å². The molecule has 1 aromatic rings. The average Bonchev–Trinajstić information content (AvgIpc) is 2.37. The maximum Gasteiger partial charge on any atom is 0.224 e. The van der Waals surface area contributed by atoms with Crippen molar-refractivity contribution in [1.82, 2.24) is 10.6 Å². The van der Waals surface area contributed by atoms with E-state index < -0.39 is 0 Å². The van der Waals surface area contributed by atoms with E-state index in [-0.39, 0.29) is 11.8 Å². The number of carbonyl (C=O) groups excluding carboxylic acids is 2. The summed E-state index contributed by atoms with van der Waals surface area (Å²) in [6.07, 6.45) is 0.775. The first kappa shape index (κ1) is 14.5. The normalized spacial score (nSPS) is 9.89. The molecule has 0 atom stereocenters. The molecular formula is C13H17ClN2O2. The van der Waals surface area contributed by atoms with Crippen molar-refractivity contribution in [3.05, 3.63) is 34.9 Å². The molecular weight excluding hydrogens is 252 g/mol. The molecule has 0 aliphatic rings. The van der Waals surface area contributed by atoms with E-state index in [1.165, 1.54) is 0 Å². The van der Waals surface area contributed by atoms with E-state index in [1.54, 1.807) is 19.1 Å². The van der Waals surface area contributed by atoms with Crippen LogP contribution in [0.4, 0.5) is 0 Å². The van der Waals surface area contributed by atoms with Crippen LogP contribution < -0.4 is 10.6 Å². The maximum atomic E-state index is 11.6. The van der Waals surface area contributed by atoms with Crippen LogP contribution in [0.15, 0.2) is 24.3 Å². The zero-order valence-electron chi connectivity index (χ0n) is 10.3. The van der Waals surface area contributed by atoms with E-state index in [4.69, 9.17) is 11.6 Å². The lowest BCUT2D eigenvalue weighted by Gasteiger charge is -2.06. The van der Waals surface area contributed by atoms with Crippen LogP contribution in [0.5, 0.6) is 0 Å². The van der Waals surface area contributed by atoms with E-state index in [0.29, 0.717) is 31.0 Å². The number of hydrogen-bond acceptors (Lipinski definition) is 2. The molecule has 98 valence electrons. The molecule has 0 radical (unpaired) electrons. The first-order chi connectivity index (χ1) is 8.61. The van der Waals surface area contributed by atoms with Crippen LogP contribution in [0, 0.1) is 0 Å². The van der Waals surface area contributed by atoms with Gasteiger partial charge in [0.15, 0.2) is 0 Å². The molecule has 0 unspecified atom stereocenters. The van der Waals surface area contributed by atoms with Crippen molar-refractivity contribution in [3.63, 3.8) is 0 Å². The number of rotatable bonds is 6. The summed E-state index contributed by atoms with van der Waals surface area (Å²) in [5.74, 6) is -0.0787. The topological polar surface area (TPSA) is 58.2 Å². The van der Waals surface area contributed by atoms with E-state index in [0.717, 1.165) is 5.56 Å². The molecule has 0 spiro atoms. The van der Waals surface area contributed by atoms with Gasteiger partial charge in [0.25, 0.3) is 0 Å². The molecule has 1 rings (SSSR count). The maximum absolute atomic E-state index is 11.6. The van der Waals surface area contributed by atoms with Crippen LogP contribution in [0.2, 0.25) is 5.02 Å². The molecule has 5 heteroatoms. The third-order valence-corrected chi connectivity index (χ3v) is 2.62. The second kappa shape index (κ2) is 7.71. The molecule has 0 bridgehead atoms. The zero-order chi connectivity index (χ0) is 13.4. The number of benzene rings is 1. The summed E-state index contributed by atoms with van der Waals surface area (Å²) in [6.45, 7) is 2.69. The van der Waals surface area contributed by atoms with Gasteiger partial charge < -0.3 is 10.6 Å². The standard InChI is InChI=1S/C13H17ClN2O2/c1-2-12(17)15-7-8-16-13(18)9-10-3-5-11(14)6-4-10/h3-6H,2,7-9H2,1H3,(H,15,17)(H,16,18). The van der Waals surface area contributed by atoms with Gasteiger partial charge in [-0.1, -0.05) is 30.7 Å². The van der Waals surface area contributed by atoms with Gasteiger partial charge >= 0.3 is 0 Å². The lowest BCUT2D eigenvalue weighted by Crippen LogP contribution is -2.35. The minimum atomic E-state index is -0.0666. The smallest absolute Gasteiger partial charge is 0.224 e. The van der Waals surface area contributed by atoms with Crippen molar-refractivity contribution in [2.24, 2.45) is 0 Å². The third-order valence-electron chi connectivity index (χ3n) is 2.37. The van der Waals surface area contributed by atoms with E-state index in [1.807, 2.05) is 12.1 Å². The molecule has 18 heavy (non-hydrogen) atoms. The number of hydrogen-bond donors (Lipinski definition) is 2. The Morgan fingerprint density at radius 3 is 2.17 bits per heavy atom. The average molecular weight is 269 g/mol. The highest BCUT2D eigenvalue weighted by Crippen LogP contribution is 2.09. The third kappa shape index (κ3) is 5.68.